The van der Waals surface area contributed by atoms with Crippen LogP contribution in [0.25, 0.3) is 0 Å². The molecule has 1 rings (SSSR count). The van der Waals surface area contributed by atoms with Crippen LogP contribution >= 0.6 is 11.3 Å². The first-order chi connectivity index (χ1) is 7.58. The second kappa shape index (κ2) is 5.69. The SMILES string of the molecule is CCC(C)CNC(=O)c1sc(NC)nc1N. The minimum Gasteiger partial charge on any atom is -0.382 e. The van der Waals surface area contributed by atoms with Crippen molar-refractivity contribution in [2.24, 2.45) is 5.92 Å². The third-order valence-corrected chi connectivity index (χ3v) is 3.47. The first-order valence-electron chi connectivity index (χ1n) is 5.30. The molecule has 4 N–H and O–H groups in total. The van der Waals surface area contributed by atoms with E-state index in [4.69, 9.17) is 5.73 Å². The van der Waals surface area contributed by atoms with Crippen molar-refractivity contribution in [3.63, 3.8) is 0 Å². The first kappa shape index (κ1) is 12.8. The highest BCUT2D eigenvalue weighted by Gasteiger charge is 2.15. The van der Waals surface area contributed by atoms with E-state index in [0.29, 0.717) is 22.5 Å². The molecule has 0 aliphatic carbocycles. The summed E-state index contributed by atoms with van der Waals surface area (Å²) in [6.45, 7) is 4.86. The summed E-state index contributed by atoms with van der Waals surface area (Å²) in [5.74, 6) is 0.620. The molecule has 0 fully saturated rings. The van der Waals surface area contributed by atoms with Gasteiger partial charge in [0, 0.05) is 13.6 Å². The molecule has 1 unspecified atom stereocenters. The molecule has 90 valence electrons. The maximum Gasteiger partial charge on any atom is 0.265 e. The minimum atomic E-state index is -0.142. The van der Waals surface area contributed by atoms with Crippen LogP contribution in [0.2, 0.25) is 0 Å². The molecule has 1 amide bonds. The fourth-order valence-electron chi connectivity index (χ4n) is 1.09. The zero-order valence-corrected chi connectivity index (χ0v) is 10.6. The molecule has 0 aliphatic rings. The molecule has 0 bridgehead atoms. The molecule has 0 saturated carbocycles. The Morgan fingerprint density at radius 3 is 2.81 bits per heavy atom. The average Bonchev–Trinajstić information content (AvgIpc) is 2.67. The number of nitrogen functional groups attached to an aromatic ring is 1. The standard InChI is InChI=1S/C10H18N4OS/c1-4-6(2)5-13-9(15)7-8(11)14-10(12-3)16-7/h6H,4-5,11H2,1-3H3,(H,12,14)(H,13,15). The monoisotopic (exact) mass is 242 g/mol. The summed E-state index contributed by atoms with van der Waals surface area (Å²) in [5, 5.41) is 6.38. The van der Waals surface area contributed by atoms with Crippen LogP contribution in [0.1, 0.15) is 29.9 Å². The highest BCUT2D eigenvalue weighted by Crippen LogP contribution is 2.24. The smallest absolute Gasteiger partial charge is 0.265 e. The number of carbonyl (C=O) groups excluding carboxylic acids is 1. The molecule has 0 radical (unpaired) electrons. The summed E-state index contributed by atoms with van der Waals surface area (Å²) in [6, 6.07) is 0. The van der Waals surface area contributed by atoms with Gasteiger partial charge in [0.1, 0.15) is 10.7 Å². The van der Waals surface area contributed by atoms with E-state index in [9.17, 15) is 4.79 Å². The number of carbonyl (C=O) groups is 1. The molecule has 0 spiro atoms. The molecule has 1 aromatic heterocycles. The largest absolute Gasteiger partial charge is 0.382 e. The first-order valence-corrected chi connectivity index (χ1v) is 6.12. The van der Waals surface area contributed by atoms with Gasteiger partial charge in [-0.15, -0.1) is 0 Å². The Bertz CT molecular complexity index is 364. The van der Waals surface area contributed by atoms with Crippen LogP contribution in [-0.2, 0) is 0 Å². The summed E-state index contributed by atoms with van der Waals surface area (Å²) in [7, 11) is 1.75. The lowest BCUT2D eigenvalue weighted by atomic mass is 10.1. The van der Waals surface area contributed by atoms with E-state index in [0.717, 1.165) is 6.42 Å². The van der Waals surface area contributed by atoms with E-state index in [1.807, 2.05) is 0 Å². The number of aromatic nitrogens is 1. The van der Waals surface area contributed by atoms with Crippen LogP contribution in [-0.4, -0.2) is 24.5 Å². The molecule has 6 heteroatoms. The number of hydrogen-bond donors (Lipinski definition) is 3. The fourth-order valence-corrected chi connectivity index (χ4v) is 1.85. The lowest BCUT2D eigenvalue weighted by Gasteiger charge is -2.08. The maximum atomic E-state index is 11.8. The third-order valence-electron chi connectivity index (χ3n) is 2.38. The van der Waals surface area contributed by atoms with E-state index >= 15 is 0 Å². The van der Waals surface area contributed by atoms with Crippen molar-refractivity contribution >= 4 is 28.2 Å². The molecule has 1 aromatic rings. The van der Waals surface area contributed by atoms with Crippen LogP contribution in [0, 0.1) is 5.92 Å². The van der Waals surface area contributed by atoms with Crippen LogP contribution in [0.5, 0.6) is 0 Å². The van der Waals surface area contributed by atoms with Gasteiger partial charge >= 0.3 is 0 Å². The summed E-state index contributed by atoms with van der Waals surface area (Å²) >= 11 is 1.27. The van der Waals surface area contributed by atoms with Crippen LogP contribution < -0.4 is 16.4 Å². The maximum absolute atomic E-state index is 11.8. The Morgan fingerprint density at radius 2 is 2.31 bits per heavy atom. The lowest BCUT2D eigenvalue weighted by Crippen LogP contribution is -2.27. The fraction of sp³-hybridized carbons (Fsp3) is 0.600. The molecule has 1 heterocycles. The Hall–Kier alpha value is -1.30. The highest BCUT2D eigenvalue weighted by molar-refractivity contribution is 7.18. The number of thiazole rings is 1. The van der Waals surface area contributed by atoms with Gasteiger partial charge in [0.05, 0.1) is 0 Å². The Labute approximate surface area is 99.4 Å². The Balaban J connectivity index is 2.62. The van der Waals surface area contributed by atoms with Crippen molar-refractivity contribution in [2.45, 2.75) is 20.3 Å². The number of nitrogens with one attached hydrogen (secondary N) is 2. The van der Waals surface area contributed by atoms with Gasteiger partial charge in [-0.25, -0.2) is 4.98 Å². The van der Waals surface area contributed by atoms with Crippen LogP contribution in [0.4, 0.5) is 10.9 Å². The number of hydrogen-bond acceptors (Lipinski definition) is 5. The van der Waals surface area contributed by atoms with Gasteiger partial charge in [-0.1, -0.05) is 31.6 Å². The van der Waals surface area contributed by atoms with Crippen molar-refractivity contribution in [2.75, 3.05) is 24.6 Å². The normalized spacial score (nSPS) is 12.2. The lowest BCUT2D eigenvalue weighted by molar-refractivity contribution is 0.0952. The highest BCUT2D eigenvalue weighted by atomic mass is 32.1. The van der Waals surface area contributed by atoms with Gasteiger partial charge in [0.15, 0.2) is 5.13 Å². The van der Waals surface area contributed by atoms with Gasteiger partial charge in [-0.05, 0) is 5.92 Å². The van der Waals surface area contributed by atoms with Crippen molar-refractivity contribution in [1.29, 1.82) is 0 Å². The van der Waals surface area contributed by atoms with E-state index in [1.165, 1.54) is 11.3 Å². The molecular weight excluding hydrogens is 224 g/mol. The van der Waals surface area contributed by atoms with Crippen LogP contribution in [0.3, 0.4) is 0 Å². The zero-order valence-electron chi connectivity index (χ0n) is 9.83. The number of amides is 1. The average molecular weight is 242 g/mol. The molecule has 0 aromatic carbocycles. The predicted octanol–water partition coefficient (Wildman–Crippen LogP) is 1.54. The molecule has 16 heavy (non-hydrogen) atoms. The van der Waals surface area contributed by atoms with Gasteiger partial charge in [0.2, 0.25) is 0 Å². The van der Waals surface area contributed by atoms with Crippen molar-refractivity contribution in [3.8, 4) is 0 Å². The van der Waals surface area contributed by atoms with E-state index in [1.54, 1.807) is 7.05 Å². The van der Waals surface area contributed by atoms with Gasteiger partial charge in [-0.3, -0.25) is 4.79 Å². The van der Waals surface area contributed by atoms with E-state index in [2.05, 4.69) is 29.5 Å². The zero-order chi connectivity index (χ0) is 12.1. The van der Waals surface area contributed by atoms with Gasteiger partial charge in [-0.2, -0.15) is 0 Å². The minimum absolute atomic E-state index is 0.142. The second-order valence-corrected chi connectivity index (χ2v) is 4.71. The van der Waals surface area contributed by atoms with Gasteiger partial charge < -0.3 is 16.4 Å². The summed E-state index contributed by atoms with van der Waals surface area (Å²) in [5.41, 5.74) is 5.66. The van der Waals surface area contributed by atoms with Crippen LogP contribution in [0.15, 0.2) is 0 Å². The van der Waals surface area contributed by atoms with E-state index < -0.39 is 0 Å². The Kier molecular flexibility index (Phi) is 4.54. The second-order valence-electron chi connectivity index (χ2n) is 3.71. The molecule has 1 atom stereocenters. The Morgan fingerprint density at radius 1 is 1.62 bits per heavy atom. The molecule has 0 saturated heterocycles. The summed E-state index contributed by atoms with van der Waals surface area (Å²) in [6.07, 6.45) is 1.04. The summed E-state index contributed by atoms with van der Waals surface area (Å²) < 4.78 is 0. The topological polar surface area (TPSA) is 80.0 Å². The third kappa shape index (κ3) is 3.10. The quantitative estimate of drug-likeness (QED) is 0.731. The molecular formula is C10H18N4OS. The number of nitrogens with two attached hydrogens (primary N) is 1. The molecule has 0 aliphatic heterocycles. The van der Waals surface area contributed by atoms with Crippen molar-refractivity contribution < 1.29 is 4.79 Å². The number of nitrogens with zero attached hydrogens (tertiary/aromatic N) is 1. The number of rotatable bonds is 5. The predicted molar refractivity (Wildman–Crippen MR) is 67.9 cm³/mol. The van der Waals surface area contributed by atoms with Crippen molar-refractivity contribution in [1.82, 2.24) is 10.3 Å². The molecule has 5 nitrogen and oxygen atoms in total. The number of anilines is 2. The van der Waals surface area contributed by atoms with E-state index in [-0.39, 0.29) is 11.7 Å². The summed E-state index contributed by atoms with van der Waals surface area (Å²) in [4.78, 5) is 16.3. The van der Waals surface area contributed by atoms with Crippen molar-refractivity contribution in [3.05, 3.63) is 4.88 Å². The van der Waals surface area contributed by atoms with Gasteiger partial charge in [0.25, 0.3) is 5.91 Å².